The maximum atomic E-state index is 11.0. The molecule has 1 heterocycles. The molecule has 0 bridgehead atoms. The van der Waals surface area contributed by atoms with Gasteiger partial charge in [-0.2, -0.15) is 0 Å². The molecule has 3 aromatic rings. The van der Waals surface area contributed by atoms with Gasteiger partial charge in [0.2, 0.25) is 0 Å². The Balaban J connectivity index is 1.63. The number of aldehydes is 1. The second-order valence-corrected chi connectivity index (χ2v) is 8.09. The Hall–Kier alpha value is -3.51. The van der Waals surface area contributed by atoms with Crippen molar-refractivity contribution in [3.05, 3.63) is 64.7 Å². The van der Waals surface area contributed by atoms with Crippen LogP contribution in [-0.4, -0.2) is 42.1 Å². The third-order valence-electron chi connectivity index (χ3n) is 6.32. The first-order valence-electron chi connectivity index (χ1n) is 10.2. The summed E-state index contributed by atoms with van der Waals surface area (Å²) < 4.78 is 11.3. The molecular weight excluding hydrogens is 394 g/mol. The molecule has 0 unspecified atom stereocenters. The summed E-state index contributed by atoms with van der Waals surface area (Å²) in [6.45, 7) is 0.922. The number of ether oxygens (including phenoxy) is 2. The molecule has 1 aliphatic carbocycles. The monoisotopic (exact) mass is 417 g/mol. The summed E-state index contributed by atoms with van der Waals surface area (Å²) in [5.74, 6) is 1.39. The lowest BCUT2D eigenvalue weighted by Gasteiger charge is -2.40. The summed E-state index contributed by atoms with van der Waals surface area (Å²) >= 11 is 0. The third-order valence-corrected chi connectivity index (χ3v) is 6.32. The van der Waals surface area contributed by atoms with Crippen molar-refractivity contribution < 1.29 is 24.5 Å². The standard InChI is InChI=1S/C25H23NO5/c1-26-8-7-15-10-22(30-2)25(29)24-18-12-20(28)21(11-16(18)9-19(26)23(15)24)31-17-5-3-14(13-27)4-6-17/h3-6,10-13,19,28-29H,7-9H2,1-2H3/t19-/m1/s1. The summed E-state index contributed by atoms with van der Waals surface area (Å²) in [5, 5.41) is 21.7. The van der Waals surface area contributed by atoms with Crippen LogP contribution in [0.3, 0.4) is 0 Å². The number of phenolic OH excluding ortho intramolecular Hbond substituents is 2. The number of likely N-dealkylation sites (N-methyl/N-ethyl adjacent to an activating group) is 1. The van der Waals surface area contributed by atoms with Crippen molar-refractivity contribution in [1.82, 2.24) is 4.90 Å². The maximum absolute atomic E-state index is 11.0. The molecule has 6 nitrogen and oxygen atoms in total. The van der Waals surface area contributed by atoms with Crippen molar-refractivity contribution in [2.45, 2.75) is 18.9 Å². The summed E-state index contributed by atoms with van der Waals surface area (Å²) in [6.07, 6.45) is 2.40. The van der Waals surface area contributed by atoms with Crippen LogP contribution in [0.5, 0.6) is 28.7 Å². The van der Waals surface area contributed by atoms with Crippen molar-refractivity contribution in [3.63, 3.8) is 0 Å². The van der Waals surface area contributed by atoms with Crippen molar-refractivity contribution in [1.29, 1.82) is 0 Å². The highest BCUT2D eigenvalue weighted by molar-refractivity contribution is 5.84. The Bertz CT molecular complexity index is 1190. The van der Waals surface area contributed by atoms with Gasteiger partial charge in [-0.05, 0) is 84.6 Å². The molecule has 6 heteroatoms. The molecule has 2 aliphatic rings. The van der Waals surface area contributed by atoms with Crippen LogP contribution in [0.15, 0.2) is 42.5 Å². The molecule has 3 aromatic carbocycles. The average Bonchev–Trinajstić information content (AvgIpc) is 2.78. The number of fused-ring (bicyclic) bond motifs is 2. The summed E-state index contributed by atoms with van der Waals surface area (Å²) in [5.41, 5.74) is 5.34. The van der Waals surface area contributed by atoms with Crippen LogP contribution in [0.2, 0.25) is 0 Å². The first-order valence-corrected chi connectivity index (χ1v) is 10.2. The fourth-order valence-electron chi connectivity index (χ4n) is 4.71. The van der Waals surface area contributed by atoms with Crippen LogP contribution in [0.1, 0.15) is 33.1 Å². The lowest BCUT2D eigenvalue weighted by atomic mass is 9.76. The number of carbonyl (C=O) groups is 1. The minimum atomic E-state index is -0.0169. The van der Waals surface area contributed by atoms with Crippen molar-refractivity contribution >= 4 is 6.29 Å². The zero-order valence-electron chi connectivity index (χ0n) is 17.4. The molecule has 5 rings (SSSR count). The van der Waals surface area contributed by atoms with E-state index >= 15 is 0 Å². The molecule has 1 atom stereocenters. The van der Waals surface area contributed by atoms with Gasteiger partial charge < -0.3 is 19.7 Å². The van der Waals surface area contributed by atoms with E-state index in [0.717, 1.165) is 47.9 Å². The Morgan fingerprint density at radius 1 is 1.06 bits per heavy atom. The SMILES string of the molecule is COc1cc2c3c(c1O)-c1cc(O)c(Oc4ccc(C=O)cc4)cc1C[C@H]3N(C)CC2. The molecular formula is C25H23NO5. The number of phenols is 2. The topological polar surface area (TPSA) is 79.2 Å². The highest BCUT2D eigenvalue weighted by Gasteiger charge is 2.36. The molecule has 2 N–H and O–H groups in total. The number of methoxy groups -OCH3 is 1. The fraction of sp³-hybridized carbons (Fsp3) is 0.240. The van der Waals surface area contributed by atoms with Crippen LogP contribution < -0.4 is 9.47 Å². The van der Waals surface area contributed by atoms with E-state index in [1.165, 1.54) is 5.56 Å². The quantitative estimate of drug-likeness (QED) is 0.610. The third kappa shape index (κ3) is 3.11. The summed E-state index contributed by atoms with van der Waals surface area (Å²) in [7, 11) is 3.64. The molecule has 0 radical (unpaired) electrons. The molecule has 158 valence electrons. The van der Waals surface area contributed by atoms with Gasteiger partial charge in [-0.15, -0.1) is 0 Å². The van der Waals surface area contributed by atoms with Gasteiger partial charge in [0.15, 0.2) is 23.0 Å². The van der Waals surface area contributed by atoms with E-state index in [0.29, 0.717) is 22.8 Å². The van der Waals surface area contributed by atoms with E-state index in [2.05, 4.69) is 11.9 Å². The van der Waals surface area contributed by atoms with Gasteiger partial charge in [0, 0.05) is 23.7 Å². The smallest absolute Gasteiger partial charge is 0.169 e. The molecule has 0 amide bonds. The number of carbonyl (C=O) groups excluding carboxylic acids is 1. The first-order chi connectivity index (χ1) is 15.0. The predicted octanol–water partition coefficient (Wildman–Crippen LogP) is 4.46. The molecule has 31 heavy (non-hydrogen) atoms. The van der Waals surface area contributed by atoms with E-state index < -0.39 is 0 Å². The molecule has 0 fully saturated rings. The number of nitrogens with zero attached hydrogens (tertiary/aromatic N) is 1. The summed E-state index contributed by atoms with van der Waals surface area (Å²) in [6, 6.07) is 12.3. The van der Waals surface area contributed by atoms with Crippen molar-refractivity contribution in [2.24, 2.45) is 0 Å². The second kappa shape index (κ2) is 7.32. The lowest BCUT2D eigenvalue weighted by molar-refractivity contribution is 0.112. The molecule has 0 saturated carbocycles. The first kappa shape index (κ1) is 19.5. The minimum Gasteiger partial charge on any atom is -0.504 e. The fourth-order valence-corrected chi connectivity index (χ4v) is 4.71. The van der Waals surface area contributed by atoms with Crippen molar-refractivity contribution in [3.8, 4) is 39.9 Å². The van der Waals surface area contributed by atoms with Gasteiger partial charge in [-0.1, -0.05) is 0 Å². The molecule has 0 spiro atoms. The van der Waals surface area contributed by atoms with Crippen LogP contribution in [0, 0.1) is 0 Å². The Morgan fingerprint density at radius 3 is 2.52 bits per heavy atom. The van der Waals surface area contributed by atoms with Crippen LogP contribution >= 0.6 is 0 Å². The Morgan fingerprint density at radius 2 is 1.81 bits per heavy atom. The average molecular weight is 417 g/mol. The molecule has 1 aliphatic heterocycles. The maximum Gasteiger partial charge on any atom is 0.169 e. The highest BCUT2D eigenvalue weighted by atomic mass is 16.5. The number of rotatable bonds is 4. The van der Waals surface area contributed by atoms with Gasteiger partial charge in [-0.3, -0.25) is 9.69 Å². The largest absolute Gasteiger partial charge is 0.504 e. The Labute approximate surface area is 180 Å². The zero-order chi connectivity index (χ0) is 21.7. The highest BCUT2D eigenvalue weighted by Crippen LogP contribution is 2.53. The minimum absolute atomic E-state index is 0.0169. The van der Waals surface area contributed by atoms with Gasteiger partial charge in [0.25, 0.3) is 0 Å². The lowest BCUT2D eigenvalue weighted by Crippen LogP contribution is -2.35. The van der Waals surface area contributed by atoms with Crippen LogP contribution in [0.4, 0.5) is 0 Å². The van der Waals surface area contributed by atoms with Gasteiger partial charge >= 0.3 is 0 Å². The number of benzene rings is 3. The second-order valence-electron chi connectivity index (χ2n) is 8.09. The van der Waals surface area contributed by atoms with Gasteiger partial charge in [-0.25, -0.2) is 0 Å². The zero-order valence-corrected chi connectivity index (χ0v) is 17.4. The van der Waals surface area contributed by atoms with Gasteiger partial charge in [0.05, 0.1) is 7.11 Å². The van der Waals surface area contributed by atoms with Crippen LogP contribution in [0.25, 0.3) is 11.1 Å². The normalized spacial score (nSPS) is 16.9. The van der Waals surface area contributed by atoms with Crippen LogP contribution in [-0.2, 0) is 12.8 Å². The number of hydrogen-bond acceptors (Lipinski definition) is 6. The van der Waals surface area contributed by atoms with Crippen molar-refractivity contribution in [2.75, 3.05) is 20.7 Å². The van der Waals surface area contributed by atoms with E-state index in [1.54, 1.807) is 37.4 Å². The van der Waals surface area contributed by atoms with E-state index in [4.69, 9.17) is 9.47 Å². The van der Waals surface area contributed by atoms with E-state index in [-0.39, 0.29) is 17.5 Å². The summed E-state index contributed by atoms with van der Waals surface area (Å²) in [4.78, 5) is 13.2. The number of hydrogen-bond donors (Lipinski definition) is 2. The molecule has 0 saturated heterocycles. The van der Waals surface area contributed by atoms with Gasteiger partial charge in [0.1, 0.15) is 12.0 Å². The van der Waals surface area contributed by atoms with E-state index in [1.807, 2.05) is 12.1 Å². The predicted molar refractivity (Wildman–Crippen MR) is 116 cm³/mol. The Kier molecular flexibility index (Phi) is 4.59. The molecule has 0 aromatic heterocycles. The number of aromatic hydroxyl groups is 2. The van der Waals surface area contributed by atoms with E-state index in [9.17, 15) is 15.0 Å².